The van der Waals surface area contributed by atoms with Crippen molar-refractivity contribution in [2.24, 2.45) is 0 Å². The average Bonchev–Trinajstić information content (AvgIpc) is 2.40. The van der Waals surface area contributed by atoms with Crippen molar-refractivity contribution in [3.63, 3.8) is 0 Å². The zero-order valence-corrected chi connectivity index (χ0v) is 12.9. The van der Waals surface area contributed by atoms with E-state index >= 15 is 0 Å². The number of carboxylic acid groups (broad SMARTS) is 1. The summed E-state index contributed by atoms with van der Waals surface area (Å²) in [4.78, 5) is 19.4. The van der Waals surface area contributed by atoms with Crippen LogP contribution in [-0.2, 0) is 4.79 Å². The Hall–Kier alpha value is -1.88. The molecule has 1 aromatic heterocycles. The molecule has 0 atom stereocenters. The van der Waals surface area contributed by atoms with Gasteiger partial charge in [-0.2, -0.15) is 0 Å². The molecule has 1 aliphatic carbocycles. The van der Waals surface area contributed by atoms with Gasteiger partial charge in [-0.3, -0.25) is 0 Å². The van der Waals surface area contributed by atoms with E-state index < -0.39 is 5.97 Å². The Kier molecular flexibility index (Phi) is 4.63. The van der Waals surface area contributed by atoms with Gasteiger partial charge in [0.25, 0.3) is 0 Å². The fourth-order valence-electron chi connectivity index (χ4n) is 2.74. The van der Waals surface area contributed by atoms with E-state index in [0.717, 1.165) is 24.0 Å². The van der Waals surface area contributed by atoms with Crippen molar-refractivity contribution in [1.29, 1.82) is 0 Å². The maximum atomic E-state index is 10.5. The van der Waals surface area contributed by atoms with Gasteiger partial charge in [0, 0.05) is 31.4 Å². The molecule has 0 saturated heterocycles. The van der Waals surface area contributed by atoms with Crippen molar-refractivity contribution in [3.05, 3.63) is 30.0 Å². The van der Waals surface area contributed by atoms with Crippen LogP contribution in [0.2, 0.25) is 0 Å². The highest BCUT2D eigenvalue weighted by Crippen LogP contribution is 2.37. The molecule has 0 spiro atoms. The lowest BCUT2D eigenvalue weighted by molar-refractivity contribution is -0.131. The maximum absolute atomic E-state index is 10.5. The molecule has 1 saturated carbocycles. The molecule has 0 aromatic carbocycles. The number of hydrogen-bond donors (Lipinski definition) is 1. The standard InChI is InChI=1S/C16H23N3O2/c1-18(2)16(9-4-10-16)12-19(3)14-7-5-13(11-17-14)6-8-15(20)21/h5-8,11H,4,9-10,12H2,1-3H3,(H,20,21)/b8-6+. The van der Waals surface area contributed by atoms with Gasteiger partial charge < -0.3 is 14.9 Å². The number of likely N-dealkylation sites (N-methyl/N-ethyl adjacent to an activating group) is 2. The van der Waals surface area contributed by atoms with E-state index in [0.29, 0.717) is 0 Å². The van der Waals surface area contributed by atoms with Crippen LogP contribution in [0.3, 0.4) is 0 Å². The third-order valence-corrected chi connectivity index (χ3v) is 4.34. The summed E-state index contributed by atoms with van der Waals surface area (Å²) in [5.74, 6) is -0.0373. The van der Waals surface area contributed by atoms with E-state index in [4.69, 9.17) is 5.11 Å². The van der Waals surface area contributed by atoms with Crippen LogP contribution in [0.15, 0.2) is 24.4 Å². The number of nitrogens with zero attached hydrogens (tertiary/aromatic N) is 3. The predicted octanol–water partition coefficient (Wildman–Crippen LogP) is 2.10. The first-order valence-electron chi connectivity index (χ1n) is 7.19. The van der Waals surface area contributed by atoms with Gasteiger partial charge in [-0.25, -0.2) is 9.78 Å². The largest absolute Gasteiger partial charge is 0.478 e. The molecule has 0 amide bonds. The number of aromatic nitrogens is 1. The zero-order chi connectivity index (χ0) is 15.5. The number of anilines is 1. The van der Waals surface area contributed by atoms with Crippen LogP contribution in [0.25, 0.3) is 6.08 Å². The topological polar surface area (TPSA) is 56.7 Å². The summed E-state index contributed by atoms with van der Waals surface area (Å²) in [6, 6.07) is 3.82. The molecule has 1 aromatic rings. The van der Waals surface area contributed by atoms with Crippen molar-refractivity contribution in [2.75, 3.05) is 32.6 Å². The van der Waals surface area contributed by atoms with Crippen LogP contribution in [0.1, 0.15) is 24.8 Å². The summed E-state index contributed by atoms with van der Waals surface area (Å²) >= 11 is 0. The normalized spacial score (nSPS) is 17.0. The minimum absolute atomic E-state index is 0.262. The second-order valence-electron chi connectivity index (χ2n) is 5.95. The summed E-state index contributed by atoms with van der Waals surface area (Å²) in [5.41, 5.74) is 1.05. The molecule has 1 fully saturated rings. The van der Waals surface area contributed by atoms with Gasteiger partial charge in [-0.05, 0) is 57.1 Å². The summed E-state index contributed by atoms with van der Waals surface area (Å²) in [6.07, 6.45) is 8.11. The smallest absolute Gasteiger partial charge is 0.328 e. The average molecular weight is 289 g/mol. The Balaban J connectivity index is 2.03. The highest BCUT2D eigenvalue weighted by molar-refractivity contribution is 5.85. The van der Waals surface area contributed by atoms with E-state index in [1.807, 2.05) is 12.1 Å². The van der Waals surface area contributed by atoms with E-state index in [9.17, 15) is 4.79 Å². The number of aliphatic carboxylic acids is 1. The lowest BCUT2D eigenvalue weighted by atomic mass is 9.75. The van der Waals surface area contributed by atoms with E-state index in [-0.39, 0.29) is 5.54 Å². The van der Waals surface area contributed by atoms with Gasteiger partial charge >= 0.3 is 5.97 Å². The molecule has 1 aliphatic rings. The number of hydrogen-bond acceptors (Lipinski definition) is 4. The molecule has 21 heavy (non-hydrogen) atoms. The summed E-state index contributed by atoms with van der Waals surface area (Å²) in [7, 11) is 6.33. The molecular formula is C16H23N3O2. The third kappa shape index (κ3) is 3.61. The molecule has 5 nitrogen and oxygen atoms in total. The first kappa shape index (κ1) is 15.5. The summed E-state index contributed by atoms with van der Waals surface area (Å²) in [5, 5.41) is 8.61. The van der Waals surface area contributed by atoms with Gasteiger partial charge in [0.1, 0.15) is 5.82 Å². The van der Waals surface area contributed by atoms with Crippen molar-refractivity contribution in [1.82, 2.24) is 9.88 Å². The Morgan fingerprint density at radius 1 is 1.38 bits per heavy atom. The van der Waals surface area contributed by atoms with E-state index in [1.165, 1.54) is 19.3 Å². The second-order valence-corrected chi connectivity index (χ2v) is 5.95. The highest BCUT2D eigenvalue weighted by atomic mass is 16.4. The summed E-state index contributed by atoms with van der Waals surface area (Å²) < 4.78 is 0. The molecule has 1 heterocycles. The quantitative estimate of drug-likeness (QED) is 0.813. The molecule has 2 rings (SSSR count). The molecule has 5 heteroatoms. The molecule has 0 aliphatic heterocycles. The van der Waals surface area contributed by atoms with Crippen LogP contribution in [0, 0.1) is 0 Å². The third-order valence-electron chi connectivity index (χ3n) is 4.34. The Labute approximate surface area is 125 Å². The van der Waals surface area contributed by atoms with Gasteiger partial charge in [-0.1, -0.05) is 0 Å². The predicted molar refractivity (Wildman–Crippen MR) is 84.4 cm³/mol. The minimum Gasteiger partial charge on any atom is -0.478 e. The zero-order valence-electron chi connectivity index (χ0n) is 12.9. The van der Waals surface area contributed by atoms with Crippen molar-refractivity contribution in [3.8, 4) is 0 Å². The lowest BCUT2D eigenvalue weighted by Crippen LogP contribution is -2.56. The summed E-state index contributed by atoms with van der Waals surface area (Å²) in [6.45, 7) is 0.956. The van der Waals surface area contributed by atoms with Crippen LogP contribution < -0.4 is 4.90 Å². The number of carbonyl (C=O) groups is 1. The van der Waals surface area contributed by atoms with Crippen molar-refractivity contribution >= 4 is 17.9 Å². The number of rotatable bonds is 6. The SMILES string of the molecule is CN(CC1(N(C)C)CCC1)c1ccc(/C=C/C(=O)O)cn1. The van der Waals surface area contributed by atoms with Crippen molar-refractivity contribution < 1.29 is 9.90 Å². The van der Waals surface area contributed by atoms with E-state index in [2.05, 4.69) is 35.9 Å². The van der Waals surface area contributed by atoms with Crippen LogP contribution in [0.5, 0.6) is 0 Å². The van der Waals surface area contributed by atoms with Crippen LogP contribution in [0.4, 0.5) is 5.82 Å². The van der Waals surface area contributed by atoms with Gasteiger partial charge in [-0.15, -0.1) is 0 Å². The molecule has 0 bridgehead atoms. The number of pyridine rings is 1. The molecule has 1 N–H and O–H groups in total. The fraction of sp³-hybridized carbons (Fsp3) is 0.500. The highest BCUT2D eigenvalue weighted by Gasteiger charge is 2.40. The first-order chi connectivity index (χ1) is 9.93. The van der Waals surface area contributed by atoms with Crippen molar-refractivity contribution in [2.45, 2.75) is 24.8 Å². The Morgan fingerprint density at radius 2 is 2.10 bits per heavy atom. The number of carboxylic acids is 1. The van der Waals surface area contributed by atoms with Gasteiger partial charge in [0.05, 0.1) is 0 Å². The molecular weight excluding hydrogens is 266 g/mol. The molecule has 0 radical (unpaired) electrons. The first-order valence-corrected chi connectivity index (χ1v) is 7.19. The fourth-order valence-corrected chi connectivity index (χ4v) is 2.74. The Morgan fingerprint density at radius 3 is 2.52 bits per heavy atom. The lowest BCUT2D eigenvalue weighted by Gasteiger charge is -2.49. The van der Waals surface area contributed by atoms with Gasteiger partial charge in [0.15, 0.2) is 0 Å². The monoisotopic (exact) mass is 289 g/mol. The van der Waals surface area contributed by atoms with Gasteiger partial charge in [0.2, 0.25) is 0 Å². The molecule has 0 unspecified atom stereocenters. The van der Waals surface area contributed by atoms with Crippen LogP contribution >= 0.6 is 0 Å². The maximum Gasteiger partial charge on any atom is 0.328 e. The Bertz CT molecular complexity index is 519. The second kappa shape index (κ2) is 6.26. The van der Waals surface area contributed by atoms with E-state index in [1.54, 1.807) is 12.3 Å². The molecule has 114 valence electrons. The van der Waals surface area contributed by atoms with Crippen LogP contribution in [-0.4, -0.2) is 54.2 Å². The minimum atomic E-state index is -0.950.